The molecule has 8 heteroatoms. The topological polar surface area (TPSA) is 92.2 Å². The molecule has 8 nitrogen and oxygen atoms in total. The fraction of sp³-hybridized carbons (Fsp3) is 0.158. The van der Waals surface area contributed by atoms with Crippen molar-refractivity contribution < 1.29 is 9.59 Å². The Morgan fingerprint density at radius 3 is 2.56 bits per heavy atom. The second-order valence-corrected chi connectivity index (χ2v) is 6.13. The molecule has 1 aliphatic rings. The maximum Gasteiger partial charge on any atom is 0.321 e. The molecule has 0 radical (unpaired) electrons. The molecule has 27 heavy (non-hydrogen) atoms. The Hall–Kier alpha value is -3.68. The summed E-state index contributed by atoms with van der Waals surface area (Å²) in [6.07, 6.45) is 5.15. The molecule has 1 fully saturated rings. The summed E-state index contributed by atoms with van der Waals surface area (Å²) in [5, 5.41) is 5.58. The van der Waals surface area contributed by atoms with E-state index in [2.05, 4.69) is 20.6 Å². The smallest absolute Gasteiger partial charge is 0.321 e. The number of nitrogens with zero attached hydrogens (tertiary/aromatic N) is 4. The highest BCUT2D eigenvalue weighted by Gasteiger charge is 2.21. The highest BCUT2D eigenvalue weighted by molar-refractivity contribution is 6.04. The molecule has 1 saturated heterocycles. The Balaban J connectivity index is 1.44. The van der Waals surface area contributed by atoms with Gasteiger partial charge in [-0.3, -0.25) is 14.3 Å². The van der Waals surface area contributed by atoms with Crippen molar-refractivity contribution in [1.82, 2.24) is 19.9 Å². The first-order valence-electron chi connectivity index (χ1n) is 8.55. The molecule has 2 aromatic heterocycles. The van der Waals surface area contributed by atoms with Crippen LogP contribution >= 0.6 is 0 Å². The molecule has 0 bridgehead atoms. The number of nitrogens with one attached hydrogen (secondary N) is 2. The molecular weight excluding hydrogens is 344 g/mol. The van der Waals surface area contributed by atoms with Crippen molar-refractivity contribution in [2.24, 2.45) is 0 Å². The van der Waals surface area contributed by atoms with Gasteiger partial charge in [0, 0.05) is 36.7 Å². The van der Waals surface area contributed by atoms with E-state index in [1.807, 2.05) is 23.8 Å². The monoisotopic (exact) mass is 362 g/mol. The Labute approximate surface area is 155 Å². The number of rotatable bonds is 4. The van der Waals surface area contributed by atoms with Crippen molar-refractivity contribution in [1.29, 1.82) is 0 Å². The molecule has 1 aliphatic heterocycles. The zero-order valence-corrected chi connectivity index (χ0v) is 14.7. The van der Waals surface area contributed by atoms with Gasteiger partial charge in [-0.1, -0.05) is 0 Å². The van der Waals surface area contributed by atoms with E-state index in [9.17, 15) is 9.59 Å². The largest absolute Gasteiger partial charge is 0.336 e. The van der Waals surface area contributed by atoms with Crippen LogP contribution in [-0.2, 0) is 0 Å². The Kier molecular flexibility index (Phi) is 4.29. The molecular formula is C19H18N6O2. The average molecular weight is 362 g/mol. The van der Waals surface area contributed by atoms with Crippen LogP contribution in [-0.4, -0.2) is 39.6 Å². The number of anilines is 2. The average Bonchev–Trinajstić information content (AvgIpc) is 3.31. The lowest BCUT2D eigenvalue weighted by atomic mass is 10.2. The summed E-state index contributed by atoms with van der Waals surface area (Å²) in [6, 6.07) is 10.4. The van der Waals surface area contributed by atoms with E-state index >= 15 is 0 Å². The van der Waals surface area contributed by atoms with Gasteiger partial charge < -0.3 is 10.6 Å². The van der Waals surface area contributed by atoms with E-state index in [4.69, 9.17) is 0 Å². The van der Waals surface area contributed by atoms with Gasteiger partial charge in [-0.05, 0) is 43.3 Å². The number of hydrogen-bond acceptors (Lipinski definition) is 4. The molecule has 1 aromatic carbocycles. The summed E-state index contributed by atoms with van der Waals surface area (Å²) < 4.78 is 1.86. The molecule has 4 rings (SSSR count). The summed E-state index contributed by atoms with van der Waals surface area (Å²) in [6.45, 7) is 3.15. The van der Waals surface area contributed by atoms with Crippen molar-refractivity contribution in [2.45, 2.75) is 6.92 Å². The number of aryl methyl sites for hydroxylation is 1. The minimum absolute atomic E-state index is 0.119. The van der Waals surface area contributed by atoms with Crippen LogP contribution in [0.2, 0.25) is 0 Å². The van der Waals surface area contributed by atoms with Gasteiger partial charge in [-0.15, -0.1) is 0 Å². The number of hydrogen-bond donors (Lipinski definition) is 2. The number of aromatic nitrogens is 3. The van der Waals surface area contributed by atoms with Gasteiger partial charge in [-0.25, -0.2) is 14.8 Å². The number of benzene rings is 1. The van der Waals surface area contributed by atoms with Crippen LogP contribution in [0.4, 0.5) is 16.2 Å². The van der Waals surface area contributed by atoms with Crippen LogP contribution in [0, 0.1) is 6.92 Å². The zero-order chi connectivity index (χ0) is 18.8. The van der Waals surface area contributed by atoms with Crippen LogP contribution in [0.15, 0.2) is 55.0 Å². The first kappa shape index (κ1) is 16.8. The predicted octanol–water partition coefficient (Wildman–Crippen LogP) is 2.36. The van der Waals surface area contributed by atoms with Crippen LogP contribution < -0.4 is 15.5 Å². The Morgan fingerprint density at radius 2 is 1.96 bits per heavy atom. The van der Waals surface area contributed by atoms with Crippen molar-refractivity contribution in [2.75, 3.05) is 23.3 Å². The minimum Gasteiger partial charge on any atom is -0.336 e. The molecule has 0 spiro atoms. The van der Waals surface area contributed by atoms with E-state index in [0.29, 0.717) is 24.3 Å². The van der Waals surface area contributed by atoms with E-state index in [1.165, 1.54) is 0 Å². The first-order chi connectivity index (χ1) is 13.1. The van der Waals surface area contributed by atoms with Gasteiger partial charge in [0.15, 0.2) is 0 Å². The second kappa shape index (κ2) is 6.91. The molecule has 3 amide bonds. The van der Waals surface area contributed by atoms with Crippen molar-refractivity contribution >= 4 is 23.3 Å². The van der Waals surface area contributed by atoms with Crippen LogP contribution in [0.1, 0.15) is 16.2 Å². The fourth-order valence-corrected chi connectivity index (χ4v) is 2.94. The molecule has 3 heterocycles. The maximum absolute atomic E-state index is 12.4. The number of carbonyl (C=O) groups is 2. The Morgan fingerprint density at radius 1 is 1.15 bits per heavy atom. The summed E-state index contributed by atoms with van der Waals surface area (Å²) in [4.78, 5) is 34.3. The third-order valence-electron chi connectivity index (χ3n) is 4.38. The van der Waals surface area contributed by atoms with Crippen molar-refractivity contribution in [3.63, 3.8) is 0 Å². The molecule has 0 saturated carbocycles. The number of urea groups is 1. The van der Waals surface area contributed by atoms with Gasteiger partial charge in [0.05, 0.1) is 11.9 Å². The van der Waals surface area contributed by atoms with Gasteiger partial charge in [0.2, 0.25) is 0 Å². The standard InChI is InChI=1S/C19H18N6O2/c1-13-20-8-10-24(13)17-7-4-15(12-22-17)23-18(26)14-2-5-16(6-3-14)25-11-9-21-19(25)27/h2-8,10,12H,9,11H2,1H3,(H,21,27)(H,23,26). The third-order valence-corrected chi connectivity index (χ3v) is 4.38. The van der Waals surface area contributed by atoms with E-state index < -0.39 is 0 Å². The molecule has 0 aliphatic carbocycles. The number of pyridine rings is 1. The lowest BCUT2D eigenvalue weighted by molar-refractivity contribution is 0.102. The van der Waals surface area contributed by atoms with E-state index in [-0.39, 0.29) is 11.9 Å². The SMILES string of the molecule is Cc1nccn1-c1ccc(NC(=O)c2ccc(N3CCNC3=O)cc2)cn1. The van der Waals surface area contributed by atoms with Crippen LogP contribution in [0.25, 0.3) is 5.82 Å². The quantitative estimate of drug-likeness (QED) is 0.745. The lowest BCUT2D eigenvalue weighted by Crippen LogP contribution is -2.27. The molecule has 2 N–H and O–H groups in total. The van der Waals surface area contributed by atoms with Gasteiger partial charge in [0.1, 0.15) is 11.6 Å². The third kappa shape index (κ3) is 3.37. The van der Waals surface area contributed by atoms with Gasteiger partial charge in [0.25, 0.3) is 5.91 Å². The fourth-order valence-electron chi connectivity index (χ4n) is 2.94. The Bertz CT molecular complexity index is 978. The highest BCUT2D eigenvalue weighted by atomic mass is 16.2. The molecule has 0 atom stereocenters. The molecule has 136 valence electrons. The van der Waals surface area contributed by atoms with E-state index in [0.717, 1.165) is 17.3 Å². The van der Waals surface area contributed by atoms with Crippen molar-refractivity contribution in [3.8, 4) is 5.82 Å². The summed E-state index contributed by atoms with van der Waals surface area (Å²) in [5.74, 6) is 1.34. The molecule has 3 aromatic rings. The maximum atomic E-state index is 12.4. The van der Waals surface area contributed by atoms with Gasteiger partial charge >= 0.3 is 6.03 Å². The lowest BCUT2D eigenvalue weighted by Gasteiger charge is -2.14. The first-order valence-corrected chi connectivity index (χ1v) is 8.55. The summed E-state index contributed by atoms with van der Waals surface area (Å²) >= 11 is 0. The zero-order valence-electron chi connectivity index (χ0n) is 14.7. The van der Waals surface area contributed by atoms with Crippen LogP contribution in [0.3, 0.4) is 0 Å². The van der Waals surface area contributed by atoms with E-state index in [1.54, 1.807) is 47.6 Å². The predicted molar refractivity (Wildman–Crippen MR) is 101 cm³/mol. The van der Waals surface area contributed by atoms with Gasteiger partial charge in [-0.2, -0.15) is 0 Å². The molecule has 0 unspecified atom stereocenters. The summed E-state index contributed by atoms with van der Waals surface area (Å²) in [5.41, 5.74) is 1.88. The summed E-state index contributed by atoms with van der Waals surface area (Å²) in [7, 11) is 0. The number of imidazole rings is 1. The minimum atomic E-state index is -0.235. The van der Waals surface area contributed by atoms with Crippen LogP contribution in [0.5, 0.6) is 0 Å². The highest BCUT2D eigenvalue weighted by Crippen LogP contribution is 2.18. The number of amides is 3. The number of carbonyl (C=O) groups excluding carboxylic acids is 2. The van der Waals surface area contributed by atoms with Crippen molar-refractivity contribution in [3.05, 3.63) is 66.4 Å². The normalized spacial score (nSPS) is 13.5. The second-order valence-electron chi connectivity index (χ2n) is 6.13.